The Balaban J connectivity index is 2.74. The second-order valence-electron chi connectivity index (χ2n) is 3.18. The van der Waals surface area contributed by atoms with Crippen molar-refractivity contribution in [1.29, 1.82) is 0 Å². The summed E-state index contributed by atoms with van der Waals surface area (Å²) in [7, 11) is 0. The molecule has 0 heterocycles. The molecule has 0 saturated carbocycles. The molecule has 1 rings (SSSR count). The maximum Gasteiger partial charge on any atom is 0.174 e. The van der Waals surface area contributed by atoms with E-state index >= 15 is 0 Å². The van der Waals surface area contributed by atoms with Gasteiger partial charge >= 0.3 is 0 Å². The van der Waals surface area contributed by atoms with Gasteiger partial charge in [0.05, 0.1) is 13.0 Å². The minimum Gasteiger partial charge on any atom is -0.494 e. The van der Waals surface area contributed by atoms with E-state index in [1.165, 1.54) is 0 Å². The molecule has 2 nitrogen and oxygen atoms in total. The standard InChI is InChI=1S/C13H14O2/c1-3-6-13(14)11-7-5-8-12(10-11)15-9-4-2/h1,5,7-8,10H,4,6,9H2,2H3. The van der Waals surface area contributed by atoms with Crippen LogP contribution in [0.1, 0.15) is 30.1 Å². The molecule has 1 aromatic carbocycles. The van der Waals surface area contributed by atoms with E-state index in [0.29, 0.717) is 12.2 Å². The van der Waals surface area contributed by atoms with Crippen molar-refractivity contribution in [2.24, 2.45) is 0 Å². The lowest BCUT2D eigenvalue weighted by Crippen LogP contribution is -1.99. The van der Waals surface area contributed by atoms with E-state index in [1.807, 2.05) is 13.0 Å². The minimum atomic E-state index is -0.0422. The van der Waals surface area contributed by atoms with Crippen LogP contribution in [-0.2, 0) is 0 Å². The number of terminal acetylenes is 1. The molecule has 0 fully saturated rings. The Morgan fingerprint density at radius 3 is 3.00 bits per heavy atom. The van der Waals surface area contributed by atoms with Crippen LogP contribution >= 0.6 is 0 Å². The van der Waals surface area contributed by atoms with E-state index < -0.39 is 0 Å². The SMILES string of the molecule is C#CCC(=O)c1cccc(OCCC)c1. The third-order valence-corrected chi connectivity index (χ3v) is 1.89. The summed E-state index contributed by atoms with van der Waals surface area (Å²) in [5.41, 5.74) is 0.613. The fraction of sp³-hybridized carbons (Fsp3) is 0.308. The lowest BCUT2D eigenvalue weighted by Gasteiger charge is -2.05. The molecular weight excluding hydrogens is 188 g/mol. The van der Waals surface area contributed by atoms with Crippen molar-refractivity contribution in [1.82, 2.24) is 0 Å². The second-order valence-corrected chi connectivity index (χ2v) is 3.18. The number of rotatable bonds is 5. The van der Waals surface area contributed by atoms with Crippen LogP contribution in [0.4, 0.5) is 0 Å². The van der Waals surface area contributed by atoms with Crippen LogP contribution in [0.5, 0.6) is 5.75 Å². The molecule has 0 N–H and O–H groups in total. The summed E-state index contributed by atoms with van der Waals surface area (Å²) >= 11 is 0. The van der Waals surface area contributed by atoms with Gasteiger partial charge in [0.15, 0.2) is 5.78 Å². The number of carbonyl (C=O) groups excluding carboxylic acids is 1. The van der Waals surface area contributed by atoms with Gasteiger partial charge in [0, 0.05) is 5.56 Å². The van der Waals surface area contributed by atoms with Gasteiger partial charge in [-0.25, -0.2) is 0 Å². The predicted octanol–water partition coefficient (Wildman–Crippen LogP) is 2.68. The molecule has 0 spiro atoms. The highest BCUT2D eigenvalue weighted by atomic mass is 16.5. The molecule has 2 heteroatoms. The van der Waals surface area contributed by atoms with Crippen LogP contribution in [0.3, 0.4) is 0 Å². The van der Waals surface area contributed by atoms with Crippen LogP contribution in [0.25, 0.3) is 0 Å². The Bertz CT molecular complexity index is 374. The third-order valence-electron chi connectivity index (χ3n) is 1.89. The highest BCUT2D eigenvalue weighted by Gasteiger charge is 2.04. The molecule has 0 unspecified atom stereocenters. The van der Waals surface area contributed by atoms with Crippen molar-refractivity contribution in [2.75, 3.05) is 6.61 Å². The average molecular weight is 202 g/mol. The first-order valence-corrected chi connectivity index (χ1v) is 4.97. The van der Waals surface area contributed by atoms with Crippen molar-refractivity contribution in [2.45, 2.75) is 19.8 Å². The fourth-order valence-electron chi connectivity index (χ4n) is 1.17. The Morgan fingerprint density at radius 1 is 1.53 bits per heavy atom. The van der Waals surface area contributed by atoms with Crippen molar-refractivity contribution in [3.63, 3.8) is 0 Å². The van der Waals surface area contributed by atoms with E-state index in [0.717, 1.165) is 12.2 Å². The zero-order valence-electron chi connectivity index (χ0n) is 8.82. The first kappa shape index (κ1) is 11.3. The number of Topliss-reactive ketones (excluding diaryl/α,β-unsaturated/α-hetero) is 1. The molecule has 1 aromatic rings. The number of ether oxygens (including phenoxy) is 1. The summed E-state index contributed by atoms with van der Waals surface area (Å²) in [6, 6.07) is 7.12. The summed E-state index contributed by atoms with van der Waals surface area (Å²) in [4.78, 5) is 11.5. The quantitative estimate of drug-likeness (QED) is 0.542. The average Bonchev–Trinajstić information content (AvgIpc) is 2.27. The number of hydrogen-bond donors (Lipinski definition) is 0. The predicted molar refractivity (Wildman–Crippen MR) is 60.0 cm³/mol. The van der Waals surface area contributed by atoms with Crippen LogP contribution in [-0.4, -0.2) is 12.4 Å². The van der Waals surface area contributed by atoms with E-state index in [-0.39, 0.29) is 12.2 Å². The van der Waals surface area contributed by atoms with Crippen molar-refractivity contribution >= 4 is 5.78 Å². The molecule has 0 atom stereocenters. The third kappa shape index (κ3) is 3.47. The topological polar surface area (TPSA) is 26.3 Å². The highest BCUT2D eigenvalue weighted by molar-refractivity contribution is 5.97. The summed E-state index contributed by atoms with van der Waals surface area (Å²) in [5.74, 6) is 3.02. The monoisotopic (exact) mass is 202 g/mol. The molecule has 0 aliphatic carbocycles. The van der Waals surface area contributed by atoms with Gasteiger partial charge in [0.2, 0.25) is 0 Å². The van der Waals surface area contributed by atoms with Gasteiger partial charge < -0.3 is 4.74 Å². The van der Waals surface area contributed by atoms with E-state index in [9.17, 15) is 4.79 Å². The first-order chi connectivity index (χ1) is 7.27. The van der Waals surface area contributed by atoms with Gasteiger partial charge in [-0.15, -0.1) is 6.42 Å². The normalized spacial score (nSPS) is 9.33. The first-order valence-electron chi connectivity index (χ1n) is 4.97. The molecule has 0 bridgehead atoms. The van der Waals surface area contributed by atoms with Gasteiger partial charge in [-0.1, -0.05) is 25.0 Å². The minimum absolute atomic E-state index is 0.0422. The zero-order chi connectivity index (χ0) is 11.1. The van der Waals surface area contributed by atoms with Crippen LogP contribution in [0.2, 0.25) is 0 Å². The number of ketones is 1. The van der Waals surface area contributed by atoms with Gasteiger partial charge in [0.1, 0.15) is 5.75 Å². The van der Waals surface area contributed by atoms with Crippen molar-refractivity contribution in [3.8, 4) is 18.1 Å². The largest absolute Gasteiger partial charge is 0.494 e. The maximum atomic E-state index is 11.5. The van der Waals surface area contributed by atoms with Gasteiger partial charge in [-0.3, -0.25) is 4.79 Å². The number of hydrogen-bond acceptors (Lipinski definition) is 2. The van der Waals surface area contributed by atoms with Crippen LogP contribution in [0.15, 0.2) is 24.3 Å². The zero-order valence-corrected chi connectivity index (χ0v) is 8.82. The Kier molecular flexibility index (Phi) is 4.43. The second kappa shape index (κ2) is 5.87. The lowest BCUT2D eigenvalue weighted by atomic mass is 10.1. The van der Waals surface area contributed by atoms with Crippen LogP contribution in [0, 0.1) is 12.3 Å². The van der Waals surface area contributed by atoms with Gasteiger partial charge in [-0.2, -0.15) is 0 Å². The molecule has 0 radical (unpaired) electrons. The van der Waals surface area contributed by atoms with E-state index in [2.05, 4.69) is 5.92 Å². The molecule has 0 aliphatic heterocycles. The summed E-state index contributed by atoms with van der Waals surface area (Å²) < 4.78 is 5.42. The van der Waals surface area contributed by atoms with Crippen molar-refractivity contribution < 1.29 is 9.53 Å². The Labute approximate surface area is 90.3 Å². The highest BCUT2D eigenvalue weighted by Crippen LogP contribution is 2.14. The Hall–Kier alpha value is -1.75. The Morgan fingerprint density at radius 2 is 2.33 bits per heavy atom. The number of benzene rings is 1. The smallest absolute Gasteiger partial charge is 0.174 e. The molecule has 0 saturated heterocycles. The van der Waals surface area contributed by atoms with Crippen molar-refractivity contribution in [3.05, 3.63) is 29.8 Å². The fourth-order valence-corrected chi connectivity index (χ4v) is 1.17. The maximum absolute atomic E-state index is 11.5. The summed E-state index contributed by atoms with van der Waals surface area (Å²) in [6.07, 6.45) is 6.17. The molecular formula is C13H14O2. The molecule has 0 amide bonds. The number of carbonyl (C=O) groups is 1. The summed E-state index contributed by atoms with van der Waals surface area (Å²) in [6.45, 7) is 2.69. The molecule has 0 aliphatic rings. The van der Waals surface area contributed by atoms with Crippen LogP contribution < -0.4 is 4.74 Å². The summed E-state index contributed by atoms with van der Waals surface area (Å²) in [5, 5.41) is 0. The van der Waals surface area contributed by atoms with Gasteiger partial charge in [0.25, 0.3) is 0 Å². The van der Waals surface area contributed by atoms with E-state index in [4.69, 9.17) is 11.2 Å². The molecule has 15 heavy (non-hydrogen) atoms. The van der Waals surface area contributed by atoms with Gasteiger partial charge in [-0.05, 0) is 18.6 Å². The molecule has 0 aromatic heterocycles. The lowest BCUT2D eigenvalue weighted by molar-refractivity contribution is 0.0998. The molecule has 78 valence electrons. The van der Waals surface area contributed by atoms with E-state index in [1.54, 1.807) is 18.2 Å².